The van der Waals surface area contributed by atoms with Gasteiger partial charge in [-0.15, -0.1) is 0 Å². The Kier molecular flexibility index (Phi) is 8.06. The van der Waals surface area contributed by atoms with Gasteiger partial charge in [-0.05, 0) is 19.3 Å². The van der Waals surface area contributed by atoms with Gasteiger partial charge in [0.15, 0.2) is 0 Å². The predicted octanol–water partition coefficient (Wildman–Crippen LogP) is 3.55. The summed E-state index contributed by atoms with van der Waals surface area (Å²) in [6.07, 6.45) is 12.6. The highest BCUT2D eigenvalue weighted by molar-refractivity contribution is 5.78. The molecule has 1 unspecified atom stereocenters. The van der Waals surface area contributed by atoms with Crippen LogP contribution in [0.15, 0.2) is 0 Å². The van der Waals surface area contributed by atoms with Crippen molar-refractivity contribution >= 4 is 5.91 Å². The van der Waals surface area contributed by atoms with Crippen molar-refractivity contribution in [3.8, 4) is 0 Å². The Balaban J connectivity index is 2.29. The average molecular weight is 255 g/mol. The Bertz CT molecular complexity index is 223. The molecular formula is C15H29NO2. The van der Waals surface area contributed by atoms with Crippen molar-refractivity contribution in [3.63, 3.8) is 0 Å². The highest BCUT2D eigenvalue weighted by Gasteiger charge is 2.21. The first-order valence-corrected chi connectivity index (χ1v) is 7.68. The first-order chi connectivity index (χ1) is 8.74. The van der Waals surface area contributed by atoms with Crippen LogP contribution >= 0.6 is 0 Å². The van der Waals surface area contributed by atoms with E-state index in [1.807, 2.05) is 0 Å². The summed E-state index contributed by atoms with van der Waals surface area (Å²) in [5.41, 5.74) is 5.44. The molecule has 0 saturated heterocycles. The molecule has 1 atom stereocenters. The first kappa shape index (κ1) is 15.5. The van der Waals surface area contributed by atoms with E-state index in [0.29, 0.717) is 0 Å². The van der Waals surface area contributed by atoms with E-state index in [1.165, 1.54) is 44.9 Å². The molecule has 1 fully saturated rings. The Morgan fingerprint density at radius 2 is 1.83 bits per heavy atom. The molecule has 1 amide bonds. The molecule has 0 aromatic heterocycles. The van der Waals surface area contributed by atoms with E-state index in [0.717, 1.165) is 25.7 Å². The maximum atomic E-state index is 11.4. The Hall–Kier alpha value is -0.570. The van der Waals surface area contributed by atoms with Crippen molar-refractivity contribution in [3.05, 3.63) is 0 Å². The molecule has 1 aliphatic rings. The second-order valence-corrected chi connectivity index (χ2v) is 5.49. The van der Waals surface area contributed by atoms with Crippen LogP contribution in [0.4, 0.5) is 0 Å². The van der Waals surface area contributed by atoms with Crippen LogP contribution in [0.1, 0.15) is 77.6 Å². The maximum Gasteiger partial charge on any atom is 0.246 e. The SMILES string of the molecule is CCCCCCC(OC1CCCCCC1)C(N)=O. The number of carbonyl (C=O) groups excluding carboxylic acids is 1. The monoisotopic (exact) mass is 255 g/mol. The molecule has 0 heterocycles. The largest absolute Gasteiger partial charge is 0.367 e. The Morgan fingerprint density at radius 1 is 1.17 bits per heavy atom. The van der Waals surface area contributed by atoms with Gasteiger partial charge in [-0.2, -0.15) is 0 Å². The smallest absolute Gasteiger partial charge is 0.246 e. The van der Waals surface area contributed by atoms with Crippen molar-refractivity contribution < 1.29 is 9.53 Å². The van der Waals surface area contributed by atoms with Gasteiger partial charge in [-0.3, -0.25) is 4.79 Å². The molecule has 1 saturated carbocycles. The van der Waals surface area contributed by atoms with E-state index in [1.54, 1.807) is 0 Å². The number of hydrogen-bond acceptors (Lipinski definition) is 2. The Labute approximate surface area is 111 Å². The van der Waals surface area contributed by atoms with E-state index in [4.69, 9.17) is 10.5 Å². The molecule has 0 spiro atoms. The standard InChI is InChI=1S/C15H29NO2/c1-2-3-4-9-12-14(15(16)17)18-13-10-7-5-6-8-11-13/h13-14H,2-12H2,1H3,(H2,16,17). The van der Waals surface area contributed by atoms with E-state index in [9.17, 15) is 4.79 Å². The highest BCUT2D eigenvalue weighted by Crippen LogP contribution is 2.22. The molecule has 0 radical (unpaired) electrons. The molecule has 1 rings (SSSR count). The predicted molar refractivity (Wildman–Crippen MR) is 74.3 cm³/mol. The lowest BCUT2D eigenvalue weighted by molar-refractivity contribution is -0.134. The van der Waals surface area contributed by atoms with Crippen LogP contribution in [-0.4, -0.2) is 18.1 Å². The van der Waals surface area contributed by atoms with Gasteiger partial charge in [-0.25, -0.2) is 0 Å². The molecule has 0 aromatic rings. The van der Waals surface area contributed by atoms with Gasteiger partial charge in [0, 0.05) is 0 Å². The average Bonchev–Trinajstić information content (AvgIpc) is 2.61. The third-order valence-electron chi connectivity index (χ3n) is 3.80. The third-order valence-corrected chi connectivity index (χ3v) is 3.80. The van der Waals surface area contributed by atoms with Crippen LogP contribution in [-0.2, 0) is 9.53 Å². The topological polar surface area (TPSA) is 52.3 Å². The summed E-state index contributed by atoms with van der Waals surface area (Å²) in [6.45, 7) is 2.19. The molecule has 18 heavy (non-hydrogen) atoms. The molecule has 3 heteroatoms. The third kappa shape index (κ3) is 6.39. The summed E-state index contributed by atoms with van der Waals surface area (Å²) in [5.74, 6) is -0.282. The van der Waals surface area contributed by atoms with Crippen LogP contribution in [0.25, 0.3) is 0 Å². The first-order valence-electron chi connectivity index (χ1n) is 7.68. The lowest BCUT2D eigenvalue weighted by Gasteiger charge is -2.21. The summed E-state index contributed by atoms with van der Waals surface area (Å²) < 4.78 is 5.94. The fourth-order valence-electron chi connectivity index (χ4n) is 2.64. The Morgan fingerprint density at radius 3 is 2.39 bits per heavy atom. The molecule has 0 aromatic carbocycles. The fourth-order valence-corrected chi connectivity index (χ4v) is 2.64. The van der Waals surface area contributed by atoms with Crippen molar-refractivity contribution in [2.45, 2.75) is 89.8 Å². The zero-order valence-corrected chi connectivity index (χ0v) is 11.8. The number of hydrogen-bond donors (Lipinski definition) is 1. The number of carbonyl (C=O) groups is 1. The van der Waals surface area contributed by atoms with Gasteiger partial charge in [0.2, 0.25) is 5.91 Å². The van der Waals surface area contributed by atoms with E-state index in [-0.39, 0.29) is 18.1 Å². The van der Waals surface area contributed by atoms with Crippen molar-refractivity contribution in [2.75, 3.05) is 0 Å². The number of nitrogens with two attached hydrogens (primary N) is 1. The van der Waals surface area contributed by atoms with Gasteiger partial charge in [0.25, 0.3) is 0 Å². The minimum Gasteiger partial charge on any atom is -0.367 e. The molecule has 0 bridgehead atoms. The van der Waals surface area contributed by atoms with Crippen LogP contribution in [0, 0.1) is 0 Å². The van der Waals surface area contributed by atoms with Gasteiger partial charge in [-0.1, -0.05) is 58.3 Å². The summed E-state index contributed by atoms with van der Waals surface area (Å²) in [5, 5.41) is 0. The lowest BCUT2D eigenvalue weighted by atomic mass is 10.1. The molecule has 2 N–H and O–H groups in total. The normalized spacial score (nSPS) is 19.4. The van der Waals surface area contributed by atoms with Crippen LogP contribution in [0.2, 0.25) is 0 Å². The molecule has 3 nitrogen and oxygen atoms in total. The minimum absolute atomic E-state index is 0.260. The van der Waals surface area contributed by atoms with Crippen molar-refractivity contribution in [1.29, 1.82) is 0 Å². The molecular weight excluding hydrogens is 226 g/mol. The van der Waals surface area contributed by atoms with E-state index < -0.39 is 0 Å². The molecule has 0 aliphatic heterocycles. The lowest BCUT2D eigenvalue weighted by Crippen LogP contribution is -2.34. The van der Waals surface area contributed by atoms with Crippen LogP contribution < -0.4 is 5.73 Å². The van der Waals surface area contributed by atoms with Crippen LogP contribution in [0.5, 0.6) is 0 Å². The molecule has 1 aliphatic carbocycles. The summed E-state index contributed by atoms with van der Waals surface area (Å²) >= 11 is 0. The van der Waals surface area contributed by atoms with Gasteiger partial charge < -0.3 is 10.5 Å². The number of amides is 1. The van der Waals surface area contributed by atoms with Gasteiger partial charge in [0.1, 0.15) is 6.10 Å². The zero-order chi connectivity index (χ0) is 13.2. The van der Waals surface area contributed by atoms with Gasteiger partial charge in [0.05, 0.1) is 6.10 Å². The molecule has 106 valence electrons. The number of unbranched alkanes of at least 4 members (excludes halogenated alkanes) is 3. The summed E-state index contributed by atoms with van der Waals surface area (Å²) in [7, 11) is 0. The van der Waals surface area contributed by atoms with E-state index >= 15 is 0 Å². The second kappa shape index (κ2) is 9.37. The minimum atomic E-state index is -0.357. The quantitative estimate of drug-likeness (QED) is 0.532. The van der Waals surface area contributed by atoms with Crippen molar-refractivity contribution in [1.82, 2.24) is 0 Å². The maximum absolute atomic E-state index is 11.4. The van der Waals surface area contributed by atoms with Crippen molar-refractivity contribution in [2.24, 2.45) is 5.73 Å². The van der Waals surface area contributed by atoms with E-state index in [2.05, 4.69) is 6.92 Å². The highest BCUT2D eigenvalue weighted by atomic mass is 16.5. The second-order valence-electron chi connectivity index (χ2n) is 5.49. The van der Waals surface area contributed by atoms with Crippen LogP contribution in [0.3, 0.4) is 0 Å². The van der Waals surface area contributed by atoms with Gasteiger partial charge >= 0.3 is 0 Å². The number of primary amides is 1. The summed E-state index contributed by atoms with van der Waals surface area (Å²) in [6, 6.07) is 0. The number of ether oxygens (including phenoxy) is 1. The summed E-state index contributed by atoms with van der Waals surface area (Å²) in [4.78, 5) is 11.4. The fraction of sp³-hybridized carbons (Fsp3) is 0.933. The number of rotatable bonds is 8. The zero-order valence-electron chi connectivity index (χ0n) is 11.8.